The largest absolute Gasteiger partial charge is 0.322 e. The van der Waals surface area contributed by atoms with Crippen LogP contribution in [0, 0.1) is 10.1 Å². The van der Waals surface area contributed by atoms with Crippen molar-refractivity contribution >= 4 is 27.3 Å². The maximum Gasteiger partial charge on any atom is 0.271 e. The number of hydrogen-bond donors (Lipinski definition) is 1. The fraction of sp³-hybridized carbons (Fsp3) is 0.208. The van der Waals surface area contributed by atoms with E-state index >= 15 is 0 Å². The number of nitro groups is 1. The van der Waals surface area contributed by atoms with Gasteiger partial charge in [0, 0.05) is 56.1 Å². The Hall–Kier alpha value is -3.60. The maximum absolute atomic E-state index is 12.8. The van der Waals surface area contributed by atoms with Crippen LogP contribution in [0.5, 0.6) is 0 Å². The second-order valence-corrected chi connectivity index (χ2v) is 9.89. The average Bonchev–Trinajstić information content (AvgIpc) is 2.85. The molecule has 1 aliphatic rings. The maximum atomic E-state index is 12.8. The number of benzene rings is 3. The highest BCUT2D eigenvalue weighted by atomic mass is 32.2. The molecule has 1 aliphatic heterocycles. The minimum atomic E-state index is -3.50. The van der Waals surface area contributed by atoms with E-state index in [0.717, 1.165) is 5.56 Å². The molecule has 34 heavy (non-hydrogen) atoms. The molecule has 0 radical (unpaired) electrons. The molecule has 1 fully saturated rings. The Labute approximate surface area is 197 Å². The number of hydrogen-bond acceptors (Lipinski definition) is 6. The first-order valence-electron chi connectivity index (χ1n) is 10.8. The molecule has 0 unspecified atom stereocenters. The van der Waals surface area contributed by atoms with Crippen LogP contribution in [0.3, 0.4) is 0 Å². The van der Waals surface area contributed by atoms with E-state index in [-0.39, 0.29) is 11.6 Å². The first-order chi connectivity index (χ1) is 16.3. The summed E-state index contributed by atoms with van der Waals surface area (Å²) in [6, 6.07) is 21.4. The number of rotatable bonds is 7. The molecule has 0 aromatic heterocycles. The third-order valence-corrected chi connectivity index (χ3v) is 7.54. The zero-order valence-corrected chi connectivity index (χ0v) is 19.1. The van der Waals surface area contributed by atoms with Crippen LogP contribution >= 0.6 is 0 Å². The van der Waals surface area contributed by atoms with Crippen molar-refractivity contribution < 1.29 is 18.1 Å². The SMILES string of the molecule is O=C(Nc1cccc([N+](=O)[O-])c1)c1cccc(CN2CCN(S(=O)(=O)c3ccccc3)CC2)c1. The highest BCUT2D eigenvalue weighted by Crippen LogP contribution is 2.20. The van der Waals surface area contributed by atoms with Crippen molar-refractivity contribution in [2.24, 2.45) is 0 Å². The summed E-state index contributed by atoms with van der Waals surface area (Å²) in [7, 11) is -3.50. The predicted octanol–water partition coefficient (Wildman–Crippen LogP) is 3.35. The van der Waals surface area contributed by atoms with Gasteiger partial charge in [0.1, 0.15) is 0 Å². The molecule has 3 aromatic carbocycles. The summed E-state index contributed by atoms with van der Waals surface area (Å²) in [5.74, 6) is -0.360. The molecule has 1 amide bonds. The normalized spacial score (nSPS) is 15.1. The number of nitrogens with zero attached hydrogens (tertiary/aromatic N) is 3. The molecule has 1 N–H and O–H groups in total. The van der Waals surface area contributed by atoms with E-state index < -0.39 is 14.9 Å². The molecule has 0 spiro atoms. The van der Waals surface area contributed by atoms with E-state index in [4.69, 9.17) is 0 Å². The summed E-state index contributed by atoms with van der Waals surface area (Å²) in [4.78, 5) is 25.5. The first-order valence-corrected chi connectivity index (χ1v) is 12.2. The molecule has 0 atom stereocenters. The molecule has 1 saturated heterocycles. The summed E-state index contributed by atoms with van der Waals surface area (Å²) < 4.78 is 27.1. The predicted molar refractivity (Wildman–Crippen MR) is 128 cm³/mol. The van der Waals surface area contributed by atoms with Gasteiger partial charge in [0.15, 0.2) is 0 Å². The number of carbonyl (C=O) groups excluding carboxylic acids is 1. The molecule has 1 heterocycles. The van der Waals surface area contributed by atoms with Gasteiger partial charge < -0.3 is 5.32 Å². The minimum Gasteiger partial charge on any atom is -0.322 e. The van der Waals surface area contributed by atoms with Gasteiger partial charge in [-0.25, -0.2) is 8.42 Å². The monoisotopic (exact) mass is 480 g/mol. The van der Waals surface area contributed by atoms with E-state index in [0.29, 0.717) is 48.9 Å². The number of anilines is 1. The molecule has 9 nitrogen and oxygen atoms in total. The third kappa shape index (κ3) is 5.48. The molecule has 0 bridgehead atoms. The first kappa shape index (κ1) is 23.6. The van der Waals surface area contributed by atoms with Gasteiger partial charge in [-0.05, 0) is 35.9 Å². The van der Waals surface area contributed by atoms with Gasteiger partial charge in [-0.15, -0.1) is 0 Å². The van der Waals surface area contributed by atoms with Gasteiger partial charge in [0.2, 0.25) is 10.0 Å². The Morgan fingerprint density at radius 3 is 2.32 bits per heavy atom. The summed E-state index contributed by atoms with van der Waals surface area (Å²) in [5.41, 5.74) is 1.61. The Bertz CT molecular complexity index is 1290. The van der Waals surface area contributed by atoms with E-state index in [9.17, 15) is 23.3 Å². The van der Waals surface area contributed by atoms with Crippen molar-refractivity contribution in [2.75, 3.05) is 31.5 Å². The van der Waals surface area contributed by atoms with E-state index in [1.165, 1.54) is 22.5 Å². The molecule has 10 heteroatoms. The highest BCUT2D eigenvalue weighted by Gasteiger charge is 2.28. The number of nitro benzene ring substituents is 1. The lowest BCUT2D eigenvalue weighted by molar-refractivity contribution is -0.384. The lowest BCUT2D eigenvalue weighted by atomic mass is 10.1. The van der Waals surface area contributed by atoms with E-state index in [1.54, 1.807) is 54.6 Å². The summed E-state index contributed by atoms with van der Waals surface area (Å²) in [6.07, 6.45) is 0. The summed E-state index contributed by atoms with van der Waals surface area (Å²) >= 11 is 0. The van der Waals surface area contributed by atoms with Gasteiger partial charge in [0.25, 0.3) is 11.6 Å². The standard InChI is InChI=1S/C24H24N4O5S/c29-24(25-21-8-5-9-22(17-21)28(30)31)20-7-4-6-19(16-20)18-26-12-14-27(15-13-26)34(32,33)23-10-2-1-3-11-23/h1-11,16-17H,12-15,18H2,(H,25,29). The summed E-state index contributed by atoms with van der Waals surface area (Å²) in [5, 5.41) is 13.6. The molecule has 4 rings (SSSR count). The van der Waals surface area contributed by atoms with Crippen LogP contribution < -0.4 is 5.32 Å². The van der Waals surface area contributed by atoms with Crippen LogP contribution in [0.15, 0.2) is 83.8 Å². The Morgan fingerprint density at radius 2 is 1.62 bits per heavy atom. The van der Waals surface area contributed by atoms with Crippen LogP contribution in [0.4, 0.5) is 11.4 Å². The Morgan fingerprint density at radius 1 is 0.912 bits per heavy atom. The van der Waals surface area contributed by atoms with Crippen molar-refractivity contribution in [2.45, 2.75) is 11.4 Å². The molecular formula is C24H24N4O5S. The lowest BCUT2D eigenvalue weighted by Crippen LogP contribution is -2.48. The fourth-order valence-electron chi connectivity index (χ4n) is 3.84. The van der Waals surface area contributed by atoms with Crippen LogP contribution in [0.1, 0.15) is 15.9 Å². The molecular weight excluding hydrogens is 456 g/mol. The molecule has 176 valence electrons. The zero-order valence-electron chi connectivity index (χ0n) is 18.3. The zero-order chi connectivity index (χ0) is 24.1. The van der Waals surface area contributed by atoms with Crippen LogP contribution in [0.2, 0.25) is 0 Å². The Balaban J connectivity index is 1.36. The van der Waals surface area contributed by atoms with E-state index in [1.807, 2.05) is 6.07 Å². The number of amides is 1. The van der Waals surface area contributed by atoms with Crippen molar-refractivity contribution in [3.63, 3.8) is 0 Å². The van der Waals surface area contributed by atoms with Crippen LogP contribution in [0.25, 0.3) is 0 Å². The number of nitrogens with one attached hydrogen (secondary N) is 1. The molecule has 0 saturated carbocycles. The van der Waals surface area contributed by atoms with Crippen LogP contribution in [-0.4, -0.2) is 54.6 Å². The highest BCUT2D eigenvalue weighted by molar-refractivity contribution is 7.89. The number of piperazine rings is 1. The van der Waals surface area contributed by atoms with Gasteiger partial charge in [-0.2, -0.15) is 4.31 Å². The van der Waals surface area contributed by atoms with Crippen molar-refractivity contribution in [1.29, 1.82) is 0 Å². The van der Waals surface area contributed by atoms with Crippen LogP contribution in [-0.2, 0) is 16.6 Å². The minimum absolute atomic E-state index is 0.0972. The number of non-ortho nitro benzene ring substituents is 1. The van der Waals surface area contributed by atoms with Crippen molar-refractivity contribution in [1.82, 2.24) is 9.21 Å². The second kappa shape index (κ2) is 10.1. The Kier molecular flexibility index (Phi) is 7.01. The average molecular weight is 481 g/mol. The lowest BCUT2D eigenvalue weighted by Gasteiger charge is -2.34. The van der Waals surface area contributed by atoms with Crippen molar-refractivity contribution in [3.8, 4) is 0 Å². The third-order valence-electron chi connectivity index (χ3n) is 5.62. The topological polar surface area (TPSA) is 113 Å². The smallest absolute Gasteiger partial charge is 0.271 e. The molecule has 0 aliphatic carbocycles. The number of carbonyl (C=O) groups is 1. The number of sulfonamides is 1. The van der Waals surface area contributed by atoms with Gasteiger partial charge in [0.05, 0.1) is 9.82 Å². The van der Waals surface area contributed by atoms with Gasteiger partial charge >= 0.3 is 0 Å². The summed E-state index contributed by atoms with van der Waals surface area (Å²) in [6.45, 7) is 2.53. The van der Waals surface area contributed by atoms with Crippen molar-refractivity contribution in [3.05, 3.63) is 100 Å². The van der Waals surface area contributed by atoms with Gasteiger partial charge in [-0.3, -0.25) is 19.8 Å². The van der Waals surface area contributed by atoms with Gasteiger partial charge in [-0.1, -0.05) is 36.4 Å². The quantitative estimate of drug-likeness (QED) is 0.410. The molecule has 3 aromatic rings. The van der Waals surface area contributed by atoms with E-state index in [2.05, 4.69) is 10.2 Å². The fourth-order valence-corrected chi connectivity index (χ4v) is 5.28. The second-order valence-electron chi connectivity index (χ2n) is 7.96.